The summed E-state index contributed by atoms with van der Waals surface area (Å²) in [5, 5.41) is 3.80. The van der Waals surface area contributed by atoms with Crippen LogP contribution in [0.4, 0.5) is 17.1 Å². The van der Waals surface area contributed by atoms with Crippen LogP contribution in [0.25, 0.3) is 5.57 Å². The van der Waals surface area contributed by atoms with Crippen LogP contribution in [0, 0.1) is 0 Å². The van der Waals surface area contributed by atoms with Gasteiger partial charge < -0.3 is 5.32 Å². The topological polar surface area (TPSA) is 61.8 Å². The Labute approximate surface area is 182 Å². The standard InChI is InChI=1S/C23H14ClN3O2S/c24-14-11-12-18-17(13-14)19(21(28)26-18)20-22(29)27(16-9-5-2-6-10-16)23(30-20)25-15-7-3-1-4-8-15/h1-13H,(H,26,28)/b20-19-,25-23-. The molecule has 1 fully saturated rings. The molecule has 0 saturated carbocycles. The average Bonchev–Trinajstić information content (AvgIpc) is 3.24. The van der Waals surface area contributed by atoms with Crippen molar-refractivity contribution in [2.75, 3.05) is 10.2 Å². The normalized spacial score (nSPS) is 19.4. The van der Waals surface area contributed by atoms with Crippen molar-refractivity contribution >= 4 is 63.0 Å². The third kappa shape index (κ3) is 3.20. The highest BCUT2D eigenvalue weighted by Gasteiger charge is 2.40. The number of para-hydroxylation sites is 2. The van der Waals surface area contributed by atoms with Crippen LogP contribution < -0.4 is 10.2 Å². The lowest BCUT2D eigenvalue weighted by molar-refractivity contribution is -0.114. The van der Waals surface area contributed by atoms with Gasteiger partial charge in [-0.1, -0.05) is 48.0 Å². The van der Waals surface area contributed by atoms with E-state index in [9.17, 15) is 9.59 Å². The van der Waals surface area contributed by atoms with Gasteiger partial charge in [-0.3, -0.25) is 14.5 Å². The van der Waals surface area contributed by atoms with Gasteiger partial charge in [0, 0.05) is 16.3 Å². The third-order valence-electron chi connectivity index (χ3n) is 4.73. The molecule has 1 N–H and O–H groups in total. The van der Waals surface area contributed by atoms with Crippen molar-refractivity contribution in [3.63, 3.8) is 0 Å². The number of thioether (sulfide) groups is 1. The predicted molar refractivity (Wildman–Crippen MR) is 122 cm³/mol. The maximum Gasteiger partial charge on any atom is 0.272 e. The number of amides is 2. The molecule has 0 spiro atoms. The van der Waals surface area contributed by atoms with Gasteiger partial charge in [0.05, 0.1) is 21.9 Å². The van der Waals surface area contributed by atoms with Gasteiger partial charge in [0.2, 0.25) is 0 Å². The van der Waals surface area contributed by atoms with E-state index in [0.717, 1.165) is 5.69 Å². The van der Waals surface area contributed by atoms with Gasteiger partial charge in [0.1, 0.15) is 0 Å². The number of aliphatic imine (C=N–C) groups is 1. The predicted octanol–water partition coefficient (Wildman–Crippen LogP) is 5.47. The Morgan fingerprint density at radius 3 is 2.33 bits per heavy atom. The monoisotopic (exact) mass is 431 g/mol. The third-order valence-corrected chi connectivity index (χ3v) is 6.00. The van der Waals surface area contributed by atoms with Gasteiger partial charge in [-0.2, -0.15) is 0 Å². The summed E-state index contributed by atoms with van der Waals surface area (Å²) in [6.45, 7) is 0. The van der Waals surface area contributed by atoms with Crippen LogP contribution >= 0.6 is 23.4 Å². The number of nitrogens with one attached hydrogen (secondary N) is 1. The largest absolute Gasteiger partial charge is 0.321 e. The second kappa shape index (κ2) is 7.48. The molecule has 2 amide bonds. The number of carbonyl (C=O) groups excluding carboxylic acids is 2. The van der Waals surface area contributed by atoms with E-state index in [-0.39, 0.29) is 11.8 Å². The number of benzene rings is 3. The van der Waals surface area contributed by atoms with Crippen molar-refractivity contribution in [1.82, 2.24) is 0 Å². The lowest BCUT2D eigenvalue weighted by atomic mass is 10.1. The van der Waals surface area contributed by atoms with Crippen LogP contribution in [0.1, 0.15) is 5.56 Å². The van der Waals surface area contributed by atoms with Crippen molar-refractivity contribution in [2.24, 2.45) is 4.99 Å². The molecule has 1 saturated heterocycles. The Kier molecular flexibility index (Phi) is 4.65. The second-order valence-corrected chi connectivity index (χ2v) is 8.07. The molecule has 3 aromatic carbocycles. The van der Waals surface area contributed by atoms with E-state index in [0.29, 0.717) is 37.6 Å². The van der Waals surface area contributed by atoms with Crippen molar-refractivity contribution in [2.45, 2.75) is 0 Å². The molecule has 3 aromatic rings. The summed E-state index contributed by atoms with van der Waals surface area (Å²) in [5.41, 5.74) is 2.99. The maximum absolute atomic E-state index is 13.5. The van der Waals surface area contributed by atoms with Crippen molar-refractivity contribution < 1.29 is 9.59 Å². The van der Waals surface area contributed by atoms with E-state index in [2.05, 4.69) is 10.3 Å². The Hall–Kier alpha value is -3.35. The molecular formula is C23H14ClN3O2S. The molecule has 5 nitrogen and oxygen atoms in total. The SMILES string of the molecule is O=C1Nc2ccc(Cl)cc2/C1=C1/S/C(=N\c2ccccc2)N(c2ccccc2)C1=O. The minimum absolute atomic E-state index is 0.293. The summed E-state index contributed by atoms with van der Waals surface area (Å²) in [4.78, 5) is 32.8. The number of anilines is 2. The molecule has 0 bridgehead atoms. The van der Waals surface area contributed by atoms with E-state index in [1.807, 2.05) is 60.7 Å². The average molecular weight is 432 g/mol. The molecule has 0 unspecified atom stereocenters. The summed E-state index contributed by atoms with van der Waals surface area (Å²) in [6, 6.07) is 23.8. The Balaban J connectivity index is 1.69. The first-order chi connectivity index (χ1) is 14.6. The van der Waals surface area contributed by atoms with Crippen molar-refractivity contribution in [1.29, 1.82) is 0 Å². The number of nitrogens with zero attached hydrogens (tertiary/aromatic N) is 2. The first-order valence-electron chi connectivity index (χ1n) is 9.18. The Bertz CT molecular complexity index is 1240. The highest BCUT2D eigenvalue weighted by atomic mass is 35.5. The van der Waals surface area contributed by atoms with Crippen LogP contribution in [0.2, 0.25) is 5.02 Å². The first-order valence-corrected chi connectivity index (χ1v) is 10.4. The summed E-state index contributed by atoms with van der Waals surface area (Å²) < 4.78 is 0. The molecule has 0 atom stereocenters. The first kappa shape index (κ1) is 18.7. The molecule has 30 heavy (non-hydrogen) atoms. The van der Waals surface area contributed by atoms with Crippen LogP contribution in [0.15, 0.2) is 88.8 Å². The van der Waals surface area contributed by atoms with Gasteiger partial charge in [0.25, 0.3) is 11.8 Å². The quantitative estimate of drug-likeness (QED) is 0.547. The second-order valence-electron chi connectivity index (χ2n) is 6.66. The molecule has 0 aliphatic carbocycles. The van der Waals surface area contributed by atoms with Gasteiger partial charge in [0.15, 0.2) is 5.17 Å². The molecule has 0 radical (unpaired) electrons. The summed E-state index contributed by atoms with van der Waals surface area (Å²) in [5.74, 6) is -0.615. The smallest absolute Gasteiger partial charge is 0.272 e. The van der Waals surface area contributed by atoms with E-state index in [4.69, 9.17) is 11.6 Å². The van der Waals surface area contributed by atoms with Crippen molar-refractivity contribution in [3.05, 3.63) is 94.4 Å². The highest BCUT2D eigenvalue weighted by Crippen LogP contribution is 2.44. The fourth-order valence-corrected chi connectivity index (χ4v) is 4.65. The molecule has 0 aromatic heterocycles. The van der Waals surface area contributed by atoms with E-state index < -0.39 is 0 Å². The van der Waals surface area contributed by atoms with Gasteiger partial charge in [-0.25, -0.2) is 4.99 Å². The molecule has 7 heteroatoms. The Morgan fingerprint density at radius 2 is 1.60 bits per heavy atom. The maximum atomic E-state index is 13.5. The molecule has 146 valence electrons. The number of hydrogen-bond donors (Lipinski definition) is 1. The van der Waals surface area contributed by atoms with E-state index in [1.54, 1.807) is 18.2 Å². The lowest BCUT2D eigenvalue weighted by Crippen LogP contribution is -2.29. The highest BCUT2D eigenvalue weighted by molar-refractivity contribution is 8.19. The van der Waals surface area contributed by atoms with Crippen molar-refractivity contribution in [3.8, 4) is 0 Å². The molecule has 2 heterocycles. The van der Waals surface area contributed by atoms with Crippen LogP contribution in [0.5, 0.6) is 0 Å². The Morgan fingerprint density at radius 1 is 0.900 bits per heavy atom. The molecule has 5 rings (SSSR count). The zero-order valence-corrected chi connectivity index (χ0v) is 17.1. The zero-order valence-electron chi connectivity index (χ0n) is 15.5. The van der Waals surface area contributed by atoms with Gasteiger partial charge >= 0.3 is 0 Å². The van der Waals surface area contributed by atoms with Crippen LogP contribution in [0.3, 0.4) is 0 Å². The fraction of sp³-hybridized carbons (Fsp3) is 0. The number of carbonyl (C=O) groups is 2. The molecular weight excluding hydrogens is 418 g/mol. The fourth-order valence-electron chi connectivity index (χ4n) is 3.38. The van der Waals surface area contributed by atoms with Crippen LogP contribution in [-0.2, 0) is 9.59 Å². The van der Waals surface area contributed by atoms with Crippen LogP contribution in [-0.4, -0.2) is 17.0 Å². The zero-order chi connectivity index (χ0) is 20.7. The number of hydrogen-bond acceptors (Lipinski definition) is 4. The number of amidine groups is 1. The molecule has 2 aliphatic rings. The summed E-state index contributed by atoms with van der Waals surface area (Å²) >= 11 is 7.34. The number of halogens is 1. The minimum Gasteiger partial charge on any atom is -0.321 e. The van der Waals surface area contributed by atoms with Gasteiger partial charge in [-0.15, -0.1) is 0 Å². The number of fused-ring (bicyclic) bond motifs is 1. The van der Waals surface area contributed by atoms with E-state index >= 15 is 0 Å². The summed E-state index contributed by atoms with van der Waals surface area (Å²) in [6.07, 6.45) is 0. The minimum atomic E-state index is -0.322. The van der Waals surface area contributed by atoms with Gasteiger partial charge in [-0.05, 0) is 54.2 Å². The molecule has 2 aliphatic heterocycles. The number of rotatable bonds is 2. The summed E-state index contributed by atoms with van der Waals surface area (Å²) in [7, 11) is 0. The van der Waals surface area contributed by atoms with E-state index in [1.165, 1.54) is 16.7 Å². The lowest BCUT2D eigenvalue weighted by Gasteiger charge is -2.15.